The zero-order valence-electron chi connectivity index (χ0n) is 11.3. The van der Waals surface area contributed by atoms with Crippen LogP contribution >= 0.6 is 23.4 Å². The van der Waals surface area contributed by atoms with Gasteiger partial charge in [0.05, 0.1) is 17.9 Å². The molecule has 2 aromatic rings. The molecule has 0 bridgehead atoms. The number of thioether (sulfide) groups is 1. The fourth-order valence-corrected chi connectivity index (χ4v) is 3.45. The maximum absolute atomic E-state index is 12.2. The van der Waals surface area contributed by atoms with Crippen molar-refractivity contribution in [3.05, 3.63) is 47.7 Å². The maximum Gasteiger partial charge on any atom is 0.243 e. The Morgan fingerprint density at radius 1 is 1.33 bits per heavy atom. The lowest BCUT2D eigenvalue weighted by Gasteiger charge is -2.30. The Kier molecular flexibility index (Phi) is 4.31. The van der Waals surface area contributed by atoms with E-state index < -0.39 is 0 Å². The Morgan fingerprint density at radius 2 is 2.19 bits per heavy atom. The number of aromatic nitrogens is 1. The van der Waals surface area contributed by atoms with Gasteiger partial charge in [-0.15, -0.1) is 11.8 Å². The van der Waals surface area contributed by atoms with E-state index in [4.69, 9.17) is 11.6 Å². The first-order valence-corrected chi connectivity index (χ1v) is 7.97. The predicted octanol–water partition coefficient (Wildman–Crippen LogP) is 3.29. The van der Waals surface area contributed by atoms with E-state index in [0.29, 0.717) is 17.4 Å². The Morgan fingerprint density at radius 3 is 3.05 bits per heavy atom. The molecule has 1 amide bonds. The van der Waals surface area contributed by atoms with Gasteiger partial charge in [0.1, 0.15) is 0 Å². The van der Waals surface area contributed by atoms with Crippen molar-refractivity contribution in [2.24, 2.45) is 0 Å². The second kappa shape index (κ2) is 6.37. The van der Waals surface area contributed by atoms with Crippen LogP contribution in [0.1, 0.15) is 0 Å². The molecule has 4 nitrogen and oxygen atoms in total. The van der Waals surface area contributed by atoms with Crippen molar-refractivity contribution in [1.82, 2.24) is 4.98 Å². The van der Waals surface area contributed by atoms with Gasteiger partial charge in [-0.2, -0.15) is 0 Å². The second-order valence-electron chi connectivity index (χ2n) is 4.63. The van der Waals surface area contributed by atoms with Gasteiger partial charge in [0, 0.05) is 23.4 Å². The number of pyridine rings is 1. The van der Waals surface area contributed by atoms with Crippen LogP contribution in [0.15, 0.2) is 47.5 Å². The van der Waals surface area contributed by atoms with Crippen molar-refractivity contribution in [2.45, 2.75) is 4.90 Å². The molecule has 0 radical (unpaired) electrons. The Balaban J connectivity index is 1.70. The number of para-hydroxylation sites is 1. The van der Waals surface area contributed by atoms with Crippen molar-refractivity contribution in [3.63, 3.8) is 0 Å². The maximum atomic E-state index is 12.2. The molecule has 0 aliphatic carbocycles. The quantitative estimate of drug-likeness (QED) is 0.882. The molecule has 2 heterocycles. The van der Waals surface area contributed by atoms with Gasteiger partial charge < -0.3 is 10.2 Å². The molecule has 1 aromatic carbocycles. The summed E-state index contributed by atoms with van der Waals surface area (Å²) in [4.78, 5) is 19.5. The number of hydrogen-bond donors (Lipinski definition) is 1. The van der Waals surface area contributed by atoms with E-state index in [1.807, 2.05) is 30.0 Å². The molecule has 1 N–H and O–H groups in total. The molecule has 6 heteroatoms. The zero-order valence-corrected chi connectivity index (χ0v) is 12.8. The van der Waals surface area contributed by atoms with Crippen molar-refractivity contribution < 1.29 is 4.79 Å². The number of halogens is 1. The number of hydrogen-bond acceptors (Lipinski definition) is 4. The van der Waals surface area contributed by atoms with Gasteiger partial charge in [0.25, 0.3) is 0 Å². The zero-order chi connectivity index (χ0) is 14.7. The summed E-state index contributed by atoms with van der Waals surface area (Å²) in [5.41, 5.74) is 1.66. The molecule has 0 unspecified atom stereocenters. The molecule has 1 aliphatic heterocycles. The average molecular weight is 320 g/mol. The molecule has 0 atom stereocenters. The van der Waals surface area contributed by atoms with Gasteiger partial charge in [-0.1, -0.05) is 23.7 Å². The first kappa shape index (κ1) is 14.2. The minimum absolute atomic E-state index is 0.0911. The van der Waals surface area contributed by atoms with Crippen LogP contribution in [0.5, 0.6) is 0 Å². The van der Waals surface area contributed by atoms with Crippen LogP contribution in [0.25, 0.3) is 0 Å². The lowest BCUT2D eigenvalue weighted by Crippen LogP contribution is -2.36. The molecule has 0 saturated carbocycles. The SMILES string of the molecule is O=C(CN1CCSc2ccccc21)Nc1cccnc1Cl. The number of nitrogens with one attached hydrogen (secondary N) is 1. The molecule has 0 saturated heterocycles. The van der Waals surface area contributed by atoms with Crippen molar-refractivity contribution in [2.75, 3.05) is 29.1 Å². The van der Waals surface area contributed by atoms with Crippen molar-refractivity contribution in [3.8, 4) is 0 Å². The third kappa shape index (κ3) is 3.31. The van der Waals surface area contributed by atoms with Gasteiger partial charge in [0.15, 0.2) is 5.15 Å². The summed E-state index contributed by atoms with van der Waals surface area (Å²) >= 11 is 7.77. The summed E-state index contributed by atoms with van der Waals surface area (Å²) in [6.45, 7) is 1.17. The first-order valence-electron chi connectivity index (χ1n) is 6.61. The molecule has 0 fully saturated rings. The number of nitrogens with zero attached hydrogens (tertiary/aromatic N) is 2. The predicted molar refractivity (Wildman–Crippen MR) is 87.3 cm³/mol. The van der Waals surface area contributed by atoms with Crippen LogP contribution in [0.4, 0.5) is 11.4 Å². The molecule has 1 aromatic heterocycles. The van der Waals surface area contributed by atoms with Crippen molar-refractivity contribution >= 4 is 40.6 Å². The highest BCUT2D eigenvalue weighted by Gasteiger charge is 2.19. The molecule has 3 rings (SSSR count). The Bertz CT molecular complexity index is 665. The van der Waals surface area contributed by atoms with E-state index in [2.05, 4.69) is 21.3 Å². The summed E-state index contributed by atoms with van der Waals surface area (Å²) < 4.78 is 0. The molecule has 1 aliphatic rings. The highest BCUT2D eigenvalue weighted by atomic mass is 35.5. The largest absolute Gasteiger partial charge is 0.360 e. The number of rotatable bonds is 3. The molecule has 0 spiro atoms. The van der Waals surface area contributed by atoms with Gasteiger partial charge >= 0.3 is 0 Å². The monoisotopic (exact) mass is 319 g/mol. The highest BCUT2D eigenvalue weighted by Crippen LogP contribution is 2.34. The van der Waals surface area contributed by atoms with E-state index in [1.54, 1.807) is 18.3 Å². The molecular formula is C15H14ClN3OS. The first-order chi connectivity index (χ1) is 10.2. The van der Waals surface area contributed by atoms with Crippen LogP contribution in [0, 0.1) is 0 Å². The summed E-state index contributed by atoms with van der Waals surface area (Å²) in [5, 5.41) is 3.11. The minimum Gasteiger partial charge on any atom is -0.360 e. The number of anilines is 2. The lowest BCUT2D eigenvalue weighted by molar-refractivity contribution is -0.115. The topological polar surface area (TPSA) is 45.2 Å². The Labute approximate surface area is 132 Å². The van der Waals surface area contributed by atoms with Gasteiger partial charge in [-0.05, 0) is 24.3 Å². The van der Waals surface area contributed by atoms with E-state index in [0.717, 1.165) is 18.0 Å². The summed E-state index contributed by atoms with van der Waals surface area (Å²) in [5.74, 6) is 0.893. The smallest absolute Gasteiger partial charge is 0.243 e. The van der Waals surface area contributed by atoms with E-state index in [-0.39, 0.29) is 5.91 Å². The highest BCUT2D eigenvalue weighted by molar-refractivity contribution is 7.99. The van der Waals surface area contributed by atoms with E-state index in [9.17, 15) is 4.79 Å². The third-order valence-electron chi connectivity index (χ3n) is 3.19. The van der Waals surface area contributed by atoms with Crippen LogP contribution in [0.2, 0.25) is 5.15 Å². The van der Waals surface area contributed by atoms with Gasteiger partial charge in [-0.3, -0.25) is 4.79 Å². The Hall–Kier alpha value is -1.72. The van der Waals surface area contributed by atoms with Crippen LogP contribution in [0.3, 0.4) is 0 Å². The number of amides is 1. The normalized spacial score (nSPS) is 13.7. The summed E-state index contributed by atoms with van der Waals surface area (Å²) in [6, 6.07) is 11.6. The van der Waals surface area contributed by atoms with Gasteiger partial charge in [0.2, 0.25) is 5.91 Å². The minimum atomic E-state index is -0.0911. The fourth-order valence-electron chi connectivity index (χ4n) is 2.23. The molecule has 108 valence electrons. The van der Waals surface area contributed by atoms with E-state index in [1.165, 1.54) is 4.90 Å². The number of fused-ring (bicyclic) bond motifs is 1. The third-order valence-corrected chi connectivity index (χ3v) is 4.54. The summed E-state index contributed by atoms with van der Waals surface area (Å²) in [6.07, 6.45) is 1.59. The lowest BCUT2D eigenvalue weighted by atomic mass is 10.2. The van der Waals surface area contributed by atoms with Gasteiger partial charge in [-0.25, -0.2) is 4.98 Å². The fraction of sp³-hybridized carbons (Fsp3) is 0.200. The van der Waals surface area contributed by atoms with Crippen LogP contribution in [-0.4, -0.2) is 29.7 Å². The number of carbonyl (C=O) groups is 1. The number of carbonyl (C=O) groups excluding carboxylic acids is 1. The summed E-state index contributed by atoms with van der Waals surface area (Å²) in [7, 11) is 0. The van der Waals surface area contributed by atoms with Crippen LogP contribution in [-0.2, 0) is 4.79 Å². The molecule has 21 heavy (non-hydrogen) atoms. The number of benzene rings is 1. The van der Waals surface area contributed by atoms with Crippen LogP contribution < -0.4 is 10.2 Å². The standard InChI is InChI=1S/C15H14ClN3OS/c16-15-11(4-3-7-17-15)18-14(20)10-19-8-9-21-13-6-2-1-5-12(13)19/h1-7H,8-10H2,(H,18,20). The van der Waals surface area contributed by atoms with Crippen molar-refractivity contribution in [1.29, 1.82) is 0 Å². The molecular weight excluding hydrogens is 306 g/mol. The van der Waals surface area contributed by atoms with E-state index >= 15 is 0 Å². The average Bonchev–Trinajstić information content (AvgIpc) is 2.50. The second-order valence-corrected chi connectivity index (χ2v) is 6.12.